The molecule has 0 aliphatic rings. The van der Waals surface area contributed by atoms with Crippen LogP contribution in [0.4, 0.5) is 0 Å². The number of carbonyl (C=O) groups excluding carboxylic acids is 1. The van der Waals surface area contributed by atoms with Crippen molar-refractivity contribution in [1.82, 2.24) is 5.32 Å². The molecule has 0 saturated heterocycles. The quantitative estimate of drug-likeness (QED) is 0.865. The number of benzene rings is 2. The fourth-order valence-electron chi connectivity index (χ4n) is 2.22. The molecule has 0 saturated carbocycles. The number of nitrogens with one attached hydrogen (secondary N) is 1. The molecule has 0 aromatic heterocycles. The van der Waals surface area contributed by atoms with Gasteiger partial charge in [-0.05, 0) is 29.7 Å². The molecule has 0 radical (unpaired) electrons. The summed E-state index contributed by atoms with van der Waals surface area (Å²) in [5.74, 6) is -0.0721. The largest absolute Gasteiger partial charge is 0.396 e. The van der Waals surface area contributed by atoms with Gasteiger partial charge >= 0.3 is 0 Å². The van der Waals surface area contributed by atoms with Gasteiger partial charge in [0.2, 0.25) is 0 Å². The molecule has 2 N–H and O–H groups in total. The first-order valence-corrected chi connectivity index (χ1v) is 6.65. The number of rotatable bonds is 5. The standard InChI is InChI=1S/C16H19NO2/c1-2-13(10-11-18)17-16(19)15-9-5-7-12-6-3-4-8-14(12)15/h3-9,13,18H,2,10-11H2,1H3,(H,17,19)/t13-/m0/s1. The van der Waals surface area contributed by atoms with Gasteiger partial charge in [0.15, 0.2) is 0 Å². The summed E-state index contributed by atoms with van der Waals surface area (Å²) in [6.07, 6.45) is 1.41. The Morgan fingerprint density at radius 1 is 1.21 bits per heavy atom. The molecule has 2 aromatic carbocycles. The summed E-state index contributed by atoms with van der Waals surface area (Å²) >= 11 is 0. The molecule has 0 heterocycles. The van der Waals surface area contributed by atoms with E-state index in [0.717, 1.165) is 17.2 Å². The molecule has 3 heteroatoms. The third-order valence-electron chi connectivity index (χ3n) is 3.34. The predicted octanol–water partition coefficient (Wildman–Crippen LogP) is 2.73. The van der Waals surface area contributed by atoms with Crippen molar-refractivity contribution in [1.29, 1.82) is 0 Å². The first-order chi connectivity index (χ1) is 9.26. The third-order valence-corrected chi connectivity index (χ3v) is 3.34. The SMILES string of the molecule is CC[C@@H](CCO)NC(=O)c1cccc2ccccc12. The summed E-state index contributed by atoms with van der Waals surface area (Å²) in [4.78, 5) is 12.3. The number of amides is 1. The van der Waals surface area contributed by atoms with E-state index in [1.54, 1.807) is 0 Å². The predicted molar refractivity (Wildman–Crippen MR) is 77.2 cm³/mol. The van der Waals surface area contributed by atoms with Crippen LogP contribution in [0.5, 0.6) is 0 Å². The van der Waals surface area contributed by atoms with Crippen molar-refractivity contribution in [2.45, 2.75) is 25.8 Å². The van der Waals surface area contributed by atoms with Crippen LogP contribution in [0.1, 0.15) is 30.1 Å². The van der Waals surface area contributed by atoms with E-state index in [2.05, 4.69) is 5.32 Å². The lowest BCUT2D eigenvalue weighted by atomic mass is 10.0. The van der Waals surface area contributed by atoms with E-state index in [0.29, 0.717) is 12.0 Å². The monoisotopic (exact) mass is 257 g/mol. The molecule has 0 fully saturated rings. The topological polar surface area (TPSA) is 49.3 Å². The number of carbonyl (C=O) groups is 1. The van der Waals surface area contributed by atoms with E-state index in [-0.39, 0.29) is 18.6 Å². The van der Waals surface area contributed by atoms with Gasteiger partial charge in [-0.25, -0.2) is 0 Å². The fourth-order valence-corrected chi connectivity index (χ4v) is 2.22. The second-order valence-corrected chi connectivity index (χ2v) is 4.62. The Hall–Kier alpha value is -1.87. The van der Waals surface area contributed by atoms with Gasteiger partial charge in [0.1, 0.15) is 0 Å². The van der Waals surface area contributed by atoms with Crippen LogP contribution in [0, 0.1) is 0 Å². The minimum Gasteiger partial charge on any atom is -0.396 e. The number of hydrogen-bond acceptors (Lipinski definition) is 2. The Morgan fingerprint density at radius 2 is 1.95 bits per heavy atom. The van der Waals surface area contributed by atoms with Crippen LogP contribution in [0.2, 0.25) is 0 Å². The van der Waals surface area contributed by atoms with Crippen molar-refractivity contribution in [2.24, 2.45) is 0 Å². The van der Waals surface area contributed by atoms with Crippen molar-refractivity contribution in [3.8, 4) is 0 Å². The lowest BCUT2D eigenvalue weighted by molar-refractivity contribution is 0.0931. The first kappa shape index (κ1) is 13.6. The normalized spacial score (nSPS) is 12.3. The summed E-state index contributed by atoms with van der Waals surface area (Å²) in [5.41, 5.74) is 0.689. The van der Waals surface area contributed by atoms with Gasteiger partial charge in [-0.1, -0.05) is 43.3 Å². The summed E-state index contributed by atoms with van der Waals surface area (Å²) in [7, 11) is 0. The van der Waals surface area contributed by atoms with E-state index in [4.69, 9.17) is 5.11 Å². The minimum absolute atomic E-state index is 0.0245. The van der Waals surface area contributed by atoms with E-state index in [1.165, 1.54) is 0 Å². The molecule has 0 spiro atoms. The van der Waals surface area contributed by atoms with Crippen LogP contribution in [0.3, 0.4) is 0 Å². The Bertz CT molecular complexity index is 560. The maximum atomic E-state index is 12.3. The highest BCUT2D eigenvalue weighted by Gasteiger charge is 2.13. The first-order valence-electron chi connectivity index (χ1n) is 6.65. The molecule has 2 aromatic rings. The molecule has 0 aliphatic carbocycles. The maximum Gasteiger partial charge on any atom is 0.252 e. The van der Waals surface area contributed by atoms with Crippen molar-refractivity contribution < 1.29 is 9.90 Å². The van der Waals surface area contributed by atoms with Crippen LogP contribution in [0.15, 0.2) is 42.5 Å². The highest BCUT2D eigenvalue weighted by Crippen LogP contribution is 2.18. The van der Waals surface area contributed by atoms with Crippen molar-refractivity contribution in [3.05, 3.63) is 48.0 Å². The summed E-state index contributed by atoms with van der Waals surface area (Å²) in [6.45, 7) is 2.10. The maximum absolute atomic E-state index is 12.3. The number of fused-ring (bicyclic) bond motifs is 1. The van der Waals surface area contributed by atoms with Crippen molar-refractivity contribution in [2.75, 3.05) is 6.61 Å². The summed E-state index contributed by atoms with van der Waals surface area (Å²) in [5, 5.41) is 14.0. The lowest BCUT2D eigenvalue weighted by Crippen LogP contribution is -2.35. The van der Waals surface area contributed by atoms with E-state index < -0.39 is 0 Å². The zero-order valence-corrected chi connectivity index (χ0v) is 11.1. The van der Waals surface area contributed by atoms with E-state index in [1.807, 2.05) is 49.4 Å². The Labute approximate surface area is 113 Å². The van der Waals surface area contributed by atoms with Crippen molar-refractivity contribution in [3.63, 3.8) is 0 Å². The van der Waals surface area contributed by atoms with E-state index in [9.17, 15) is 4.79 Å². The molecule has 0 unspecified atom stereocenters. The van der Waals surface area contributed by atoms with Gasteiger partial charge in [0.25, 0.3) is 5.91 Å². The highest BCUT2D eigenvalue weighted by molar-refractivity contribution is 6.07. The molecule has 1 amide bonds. The third kappa shape index (κ3) is 3.12. The molecule has 2 rings (SSSR count). The average molecular weight is 257 g/mol. The highest BCUT2D eigenvalue weighted by atomic mass is 16.3. The van der Waals surface area contributed by atoms with Gasteiger partial charge < -0.3 is 10.4 Å². The van der Waals surface area contributed by atoms with Crippen LogP contribution >= 0.6 is 0 Å². The number of aliphatic hydroxyl groups excluding tert-OH is 1. The average Bonchev–Trinajstić information content (AvgIpc) is 2.46. The minimum atomic E-state index is -0.0721. The molecular formula is C16H19NO2. The summed E-state index contributed by atoms with van der Waals surface area (Å²) in [6, 6.07) is 13.6. The smallest absolute Gasteiger partial charge is 0.252 e. The summed E-state index contributed by atoms with van der Waals surface area (Å²) < 4.78 is 0. The van der Waals surface area contributed by atoms with Gasteiger partial charge in [-0.15, -0.1) is 0 Å². The van der Waals surface area contributed by atoms with E-state index >= 15 is 0 Å². The molecule has 100 valence electrons. The van der Waals surface area contributed by atoms with Gasteiger partial charge in [0, 0.05) is 18.2 Å². The second-order valence-electron chi connectivity index (χ2n) is 4.62. The van der Waals surface area contributed by atoms with Crippen LogP contribution < -0.4 is 5.32 Å². The molecular weight excluding hydrogens is 238 g/mol. The van der Waals surface area contributed by atoms with Gasteiger partial charge in [0.05, 0.1) is 0 Å². The molecule has 3 nitrogen and oxygen atoms in total. The second kappa shape index (κ2) is 6.34. The molecule has 1 atom stereocenters. The zero-order chi connectivity index (χ0) is 13.7. The number of hydrogen-bond donors (Lipinski definition) is 2. The van der Waals surface area contributed by atoms with Gasteiger partial charge in [-0.3, -0.25) is 4.79 Å². The van der Waals surface area contributed by atoms with Crippen LogP contribution in [0.25, 0.3) is 10.8 Å². The van der Waals surface area contributed by atoms with Crippen LogP contribution in [-0.2, 0) is 0 Å². The van der Waals surface area contributed by atoms with Crippen LogP contribution in [-0.4, -0.2) is 23.7 Å². The zero-order valence-electron chi connectivity index (χ0n) is 11.1. The lowest BCUT2D eigenvalue weighted by Gasteiger charge is -2.16. The Kier molecular flexibility index (Phi) is 4.53. The molecule has 19 heavy (non-hydrogen) atoms. The Morgan fingerprint density at radius 3 is 2.68 bits per heavy atom. The van der Waals surface area contributed by atoms with Gasteiger partial charge in [-0.2, -0.15) is 0 Å². The molecule has 0 bridgehead atoms. The fraction of sp³-hybridized carbons (Fsp3) is 0.312. The molecule has 0 aliphatic heterocycles. The van der Waals surface area contributed by atoms with Crippen molar-refractivity contribution >= 4 is 16.7 Å². The number of aliphatic hydroxyl groups is 1. The Balaban J connectivity index is 2.26.